The van der Waals surface area contributed by atoms with E-state index in [0.717, 1.165) is 63.2 Å². The molecule has 0 aromatic rings. The Kier molecular flexibility index (Phi) is 3.35. The first kappa shape index (κ1) is 14.9. The zero-order chi connectivity index (χ0) is 15.5. The first-order chi connectivity index (χ1) is 10.5. The van der Waals surface area contributed by atoms with Crippen molar-refractivity contribution in [1.29, 1.82) is 0 Å². The van der Waals surface area contributed by atoms with E-state index in [1.54, 1.807) is 5.57 Å². The molecule has 0 spiro atoms. The predicted octanol–water partition coefficient (Wildman–Crippen LogP) is 4.27. The van der Waals surface area contributed by atoms with Crippen LogP contribution in [0.3, 0.4) is 0 Å². The number of rotatable bonds is 1. The van der Waals surface area contributed by atoms with Crippen molar-refractivity contribution in [2.45, 2.75) is 77.2 Å². The summed E-state index contributed by atoms with van der Waals surface area (Å²) in [5, 5.41) is 10.7. The molecule has 4 aliphatic carbocycles. The molecule has 0 aliphatic heterocycles. The average Bonchev–Trinajstić information content (AvgIpc) is 2.82. The van der Waals surface area contributed by atoms with Crippen molar-refractivity contribution >= 4 is 5.78 Å². The molecule has 0 unspecified atom stereocenters. The molecule has 3 fully saturated rings. The average molecular weight is 302 g/mol. The number of fused-ring (bicyclic) bond motifs is 5. The summed E-state index contributed by atoms with van der Waals surface area (Å²) in [4.78, 5) is 12.4. The van der Waals surface area contributed by atoms with Gasteiger partial charge in [-0.05, 0) is 75.0 Å². The van der Waals surface area contributed by atoms with E-state index in [0.29, 0.717) is 17.6 Å². The first-order valence-corrected chi connectivity index (χ1v) is 9.41. The molecule has 4 aliphatic rings. The van der Waals surface area contributed by atoms with Crippen LogP contribution in [-0.2, 0) is 4.79 Å². The van der Waals surface area contributed by atoms with Crippen LogP contribution in [0.2, 0.25) is 0 Å². The fourth-order valence-corrected chi connectivity index (χ4v) is 6.44. The second-order valence-corrected chi connectivity index (χ2v) is 8.77. The number of allylic oxidation sites excluding steroid dienone is 1. The maximum Gasteiger partial charge on any atom is 0.139 e. The molecule has 0 radical (unpaired) electrons. The lowest BCUT2D eigenvalue weighted by atomic mass is 9.52. The van der Waals surface area contributed by atoms with E-state index in [4.69, 9.17) is 0 Å². The topological polar surface area (TPSA) is 37.3 Å². The number of ketones is 1. The molecule has 0 aromatic carbocycles. The van der Waals surface area contributed by atoms with Gasteiger partial charge in [0.2, 0.25) is 0 Å². The molecule has 1 N–H and O–H groups in total. The summed E-state index contributed by atoms with van der Waals surface area (Å²) < 4.78 is 0. The molecule has 3 saturated carbocycles. The molecule has 0 aromatic heterocycles. The predicted molar refractivity (Wildman–Crippen MR) is 87.3 cm³/mol. The van der Waals surface area contributed by atoms with Gasteiger partial charge in [0.1, 0.15) is 5.78 Å². The van der Waals surface area contributed by atoms with Crippen LogP contribution in [0.15, 0.2) is 11.6 Å². The Morgan fingerprint density at radius 3 is 2.82 bits per heavy atom. The van der Waals surface area contributed by atoms with Gasteiger partial charge in [-0.1, -0.05) is 25.5 Å². The lowest BCUT2D eigenvalue weighted by Gasteiger charge is -2.53. The van der Waals surface area contributed by atoms with Gasteiger partial charge in [-0.25, -0.2) is 0 Å². The normalized spacial score (nSPS) is 50.9. The van der Waals surface area contributed by atoms with Gasteiger partial charge in [-0.15, -0.1) is 0 Å². The molecule has 4 rings (SSSR count). The number of Topliss-reactive ketones (excluding diaryl/α,β-unsaturated/α-hetero) is 1. The Labute approximate surface area is 134 Å². The van der Waals surface area contributed by atoms with Gasteiger partial charge in [0, 0.05) is 11.8 Å². The molecule has 122 valence electrons. The van der Waals surface area contributed by atoms with E-state index in [1.165, 1.54) is 6.42 Å². The third-order valence-corrected chi connectivity index (χ3v) is 7.96. The second-order valence-electron chi connectivity index (χ2n) is 8.77. The van der Waals surface area contributed by atoms with Gasteiger partial charge in [-0.3, -0.25) is 4.79 Å². The Hall–Kier alpha value is -0.630. The van der Waals surface area contributed by atoms with Crippen LogP contribution in [0.4, 0.5) is 0 Å². The molecule has 0 heterocycles. The highest BCUT2D eigenvalue weighted by Crippen LogP contribution is 2.60. The number of hydrogen-bond acceptors (Lipinski definition) is 2. The summed E-state index contributed by atoms with van der Waals surface area (Å²) in [6.07, 6.45) is 11.8. The third-order valence-electron chi connectivity index (χ3n) is 7.96. The minimum Gasteiger partial charge on any atom is -0.390 e. The lowest BCUT2D eigenvalue weighted by Crippen LogP contribution is -2.47. The summed E-state index contributed by atoms with van der Waals surface area (Å²) in [7, 11) is 0. The number of aliphatic hydroxyl groups is 1. The Morgan fingerprint density at radius 2 is 2.05 bits per heavy atom. The van der Waals surface area contributed by atoms with E-state index in [-0.39, 0.29) is 5.41 Å². The van der Waals surface area contributed by atoms with Crippen LogP contribution < -0.4 is 0 Å². The Balaban J connectivity index is 1.61. The SMILES string of the molecule is CC[C@]1(O)CC[C@H]2C(=CC[C@@H]3[C@@H]2CC[C@]2(C)C(=O)CC[C@@H]32)C1. The standard InChI is InChI=1S/C20H30O2/c1-3-20(22)11-9-14-13(12-20)4-5-16-15(14)8-10-19(2)17(16)6-7-18(19)21/h4,14-17,22H,3,5-12H2,1-2H3/t14-,15+,16+,17-,19-,20-/m0/s1. The monoisotopic (exact) mass is 302 g/mol. The van der Waals surface area contributed by atoms with Crippen molar-refractivity contribution in [3.8, 4) is 0 Å². The number of carbonyl (C=O) groups excluding carboxylic acids is 1. The molecule has 0 saturated heterocycles. The summed E-state index contributed by atoms with van der Waals surface area (Å²) in [6, 6.07) is 0. The summed E-state index contributed by atoms with van der Waals surface area (Å²) in [6.45, 7) is 4.36. The van der Waals surface area contributed by atoms with Crippen molar-refractivity contribution in [3.63, 3.8) is 0 Å². The smallest absolute Gasteiger partial charge is 0.139 e. The summed E-state index contributed by atoms with van der Waals surface area (Å²) in [5.41, 5.74) is 1.09. The molecular weight excluding hydrogens is 272 g/mol. The van der Waals surface area contributed by atoms with Crippen molar-refractivity contribution in [1.82, 2.24) is 0 Å². The van der Waals surface area contributed by atoms with Crippen LogP contribution in [-0.4, -0.2) is 16.5 Å². The molecule has 0 bridgehead atoms. The minimum absolute atomic E-state index is 0.00860. The van der Waals surface area contributed by atoms with E-state index >= 15 is 0 Å². The van der Waals surface area contributed by atoms with Crippen molar-refractivity contribution < 1.29 is 9.90 Å². The van der Waals surface area contributed by atoms with Gasteiger partial charge in [0.05, 0.1) is 5.60 Å². The van der Waals surface area contributed by atoms with Crippen LogP contribution in [0.25, 0.3) is 0 Å². The van der Waals surface area contributed by atoms with Gasteiger partial charge in [0.15, 0.2) is 0 Å². The van der Waals surface area contributed by atoms with Gasteiger partial charge in [0.25, 0.3) is 0 Å². The maximum atomic E-state index is 12.4. The Bertz CT molecular complexity index is 522. The van der Waals surface area contributed by atoms with Crippen molar-refractivity contribution in [2.75, 3.05) is 0 Å². The second kappa shape index (κ2) is 4.93. The highest BCUT2D eigenvalue weighted by atomic mass is 16.3. The molecule has 2 heteroatoms. The molecule has 6 atom stereocenters. The van der Waals surface area contributed by atoms with Gasteiger partial charge < -0.3 is 5.11 Å². The zero-order valence-corrected chi connectivity index (χ0v) is 14.1. The fourth-order valence-electron chi connectivity index (χ4n) is 6.44. The van der Waals surface area contributed by atoms with Crippen molar-refractivity contribution in [2.24, 2.45) is 29.1 Å². The highest BCUT2D eigenvalue weighted by molar-refractivity contribution is 5.87. The quantitative estimate of drug-likeness (QED) is 0.734. The maximum absolute atomic E-state index is 12.4. The summed E-state index contributed by atoms with van der Waals surface area (Å²) >= 11 is 0. The van der Waals surface area contributed by atoms with Gasteiger partial charge in [-0.2, -0.15) is 0 Å². The fraction of sp³-hybridized carbons (Fsp3) is 0.850. The van der Waals surface area contributed by atoms with Crippen LogP contribution in [0.1, 0.15) is 71.6 Å². The zero-order valence-electron chi connectivity index (χ0n) is 14.1. The molecule has 2 nitrogen and oxygen atoms in total. The van der Waals surface area contributed by atoms with E-state index in [1.807, 2.05) is 0 Å². The first-order valence-electron chi connectivity index (χ1n) is 9.41. The number of hydrogen-bond donors (Lipinski definition) is 1. The highest BCUT2D eigenvalue weighted by Gasteiger charge is 2.56. The summed E-state index contributed by atoms with van der Waals surface area (Å²) in [5.74, 6) is 3.38. The van der Waals surface area contributed by atoms with Crippen LogP contribution in [0, 0.1) is 29.1 Å². The largest absolute Gasteiger partial charge is 0.390 e. The molecule has 0 amide bonds. The van der Waals surface area contributed by atoms with E-state index in [9.17, 15) is 9.90 Å². The number of carbonyl (C=O) groups is 1. The van der Waals surface area contributed by atoms with E-state index in [2.05, 4.69) is 19.9 Å². The van der Waals surface area contributed by atoms with Crippen molar-refractivity contribution in [3.05, 3.63) is 11.6 Å². The molecule has 22 heavy (non-hydrogen) atoms. The van der Waals surface area contributed by atoms with Crippen LogP contribution >= 0.6 is 0 Å². The minimum atomic E-state index is -0.443. The Morgan fingerprint density at radius 1 is 1.23 bits per heavy atom. The third kappa shape index (κ3) is 1.99. The van der Waals surface area contributed by atoms with E-state index < -0.39 is 5.60 Å². The molecular formula is C20H30O2. The lowest BCUT2D eigenvalue weighted by molar-refractivity contribution is -0.130. The van der Waals surface area contributed by atoms with Gasteiger partial charge >= 0.3 is 0 Å². The van der Waals surface area contributed by atoms with Crippen LogP contribution in [0.5, 0.6) is 0 Å².